The van der Waals surface area contributed by atoms with Crippen LogP contribution in [-0.2, 0) is 0 Å². The van der Waals surface area contributed by atoms with E-state index in [0.29, 0.717) is 17.4 Å². The Morgan fingerprint density at radius 3 is 2.75 bits per heavy atom. The van der Waals surface area contributed by atoms with Gasteiger partial charge in [0.1, 0.15) is 17.9 Å². The summed E-state index contributed by atoms with van der Waals surface area (Å²) in [5.74, 6) is 0.675. The molecule has 0 saturated heterocycles. The molecule has 2 aromatic heterocycles. The van der Waals surface area contributed by atoms with Crippen LogP contribution in [0.3, 0.4) is 0 Å². The number of carbonyl (C=O) groups excluding carboxylic acids is 1. The minimum atomic E-state index is -0.263. The number of nitrogens with one attached hydrogen (secondary N) is 1. The Morgan fingerprint density at radius 2 is 1.97 bits per heavy atom. The molecule has 1 aromatic carbocycles. The van der Waals surface area contributed by atoms with E-state index in [4.69, 9.17) is 0 Å². The number of carbonyl (C=O) groups is 1. The predicted octanol–water partition coefficient (Wildman–Crippen LogP) is 4.84. The highest BCUT2D eigenvalue weighted by molar-refractivity contribution is 6.07. The van der Waals surface area contributed by atoms with Gasteiger partial charge in [-0.2, -0.15) is 5.10 Å². The van der Waals surface area contributed by atoms with Crippen molar-refractivity contribution in [2.75, 3.05) is 30.4 Å². The Labute approximate surface area is 211 Å². The first-order valence-corrected chi connectivity index (χ1v) is 12.5. The van der Waals surface area contributed by atoms with E-state index in [1.54, 1.807) is 12.3 Å². The van der Waals surface area contributed by atoms with Gasteiger partial charge in [0.25, 0.3) is 5.91 Å². The first-order chi connectivity index (χ1) is 17.6. The molecule has 8 nitrogen and oxygen atoms in total. The molecule has 0 atom stereocenters. The second-order valence-electron chi connectivity index (χ2n) is 9.33. The first-order valence-electron chi connectivity index (χ1n) is 12.5. The van der Waals surface area contributed by atoms with Crippen LogP contribution < -0.4 is 10.2 Å². The topological polar surface area (TPSA) is 86.1 Å². The smallest absolute Gasteiger partial charge is 0.274 e. The van der Waals surface area contributed by atoms with Gasteiger partial charge in [0.15, 0.2) is 0 Å². The summed E-state index contributed by atoms with van der Waals surface area (Å²) in [5.41, 5.74) is 4.73. The summed E-state index contributed by atoms with van der Waals surface area (Å²) in [6.45, 7) is 3.89. The van der Waals surface area contributed by atoms with Crippen LogP contribution in [0.4, 0.5) is 11.5 Å². The van der Waals surface area contributed by atoms with Crippen LogP contribution >= 0.6 is 0 Å². The molecule has 0 bridgehead atoms. The van der Waals surface area contributed by atoms with Crippen molar-refractivity contribution in [2.24, 2.45) is 10.2 Å². The second kappa shape index (κ2) is 10.7. The van der Waals surface area contributed by atoms with Gasteiger partial charge in [0, 0.05) is 48.8 Å². The lowest BCUT2D eigenvalue weighted by Gasteiger charge is -2.22. The Morgan fingerprint density at radius 1 is 1.08 bits per heavy atom. The van der Waals surface area contributed by atoms with Gasteiger partial charge < -0.3 is 15.1 Å². The van der Waals surface area contributed by atoms with Gasteiger partial charge in [-0.05, 0) is 61.2 Å². The SMILES string of the molecule is CCCCN(C)c1ccc(-c2ccnc(C(=O)Nc3cccc(C4=NN=CN(C5CC5)C4)c3)c2)cn1. The average molecular weight is 482 g/mol. The summed E-state index contributed by atoms with van der Waals surface area (Å²) >= 11 is 0. The zero-order valence-corrected chi connectivity index (χ0v) is 20.8. The van der Waals surface area contributed by atoms with Crippen molar-refractivity contribution in [2.45, 2.75) is 38.6 Å². The van der Waals surface area contributed by atoms with Crippen LogP contribution in [0.2, 0.25) is 0 Å². The number of aromatic nitrogens is 2. The molecule has 5 rings (SSSR count). The van der Waals surface area contributed by atoms with Crippen LogP contribution in [0.15, 0.2) is 71.1 Å². The van der Waals surface area contributed by atoms with E-state index in [1.165, 1.54) is 12.8 Å². The average Bonchev–Trinajstić information content (AvgIpc) is 3.78. The molecule has 0 unspecified atom stereocenters. The molecule has 8 heteroatoms. The number of hydrogen-bond donors (Lipinski definition) is 1. The lowest BCUT2D eigenvalue weighted by atomic mass is 10.1. The van der Waals surface area contributed by atoms with Crippen LogP contribution in [0.5, 0.6) is 0 Å². The third-order valence-electron chi connectivity index (χ3n) is 6.49. The van der Waals surface area contributed by atoms with Crippen LogP contribution in [-0.4, -0.2) is 59.0 Å². The van der Waals surface area contributed by atoms with Crippen molar-refractivity contribution >= 4 is 29.5 Å². The molecule has 3 aromatic rings. The molecular formula is C28H31N7O. The largest absolute Gasteiger partial charge is 0.360 e. The first kappa shape index (κ1) is 23.7. The Balaban J connectivity index is 1.27. The number of unbranched alkanes of at least 4 members (excludes halogenated alkanes) is 1. The predicted molar refractivity (Wildman–Crippen MR) is 145 cm³/mol. The van der Waals surface area contributed by atoms with E-state index in [2.05, 4.69) is 49.3 Å². The summed E-state index contributed by atoms with van der Waals surface area (Å²) in [6, 6.07) is 16.0. The van der Waals surface area contributed by atoms with Crippen molar-refractivity contribution in [3.63, 3.8) is 0 Å². The number of benzene rings is 1. The maximum Gasteiger partial charge on any atom is 0.274 e. The Hall–Kier alpha value is -4.07. The molecule has 184 valence electrons. The Kier molecular flexibility index (Phi) is 7.02. The number of amides is 1. The molecule has 0 spiro atoms. The van der Waals surface area contributed by atoms with Crippen LogP contribution in [0.1, 0.15) is 48.7 Å². The fraction of sp³-hybridized carbons (Fsp3) is 0.321. The van der Waals surface area contributed by atoms with Crippen LogP contribution in [0.25, 0.3) is 11.1 Å². The minimum absolute atomic E-state index is 0.263. The van der Waals surface area contributed by atoms with Gasteiger partial charge in [-0.3, -0.25) is 9.78 Å². The van der Waals surface area contributed by atoms with Gasteiger partial charge in [0.05, 0.1) is 12.3 Å². The standard InChI is InChI=1S/C28H31N7O/c1-3-4-14-34(2)27-11-8-22(17-30-27)20-12-13-29-25(16-20)28(36)32-23-7-5-6-21(15-23)26-18-35(19-31-33-26)24-9-10-24/h5-8,11-13,15-17,19,24H,3-4,9-10,14,18H2,1-2H3,(H,32,36). The van der Waals surface area contributed by atoms with E-state index >= 15 is 0 Å². The highest BCUT2D eigenvalue weighted by atomic mass is 16.1. The van der Waals surface area contributed by atoms with E-state index in [9.17, 15) is 4.79 Å². The number of pyridine rings is 2. The molecule has 1 fully saturated rings. The Bertz CT molecular complexity index is 1280. The van der Waals surface area contributed by atoms with Crippen molar-refractivity contribution < 1.29 is 4.79 Å². The van der Waals surface area contributed by atoms with Crippen molar-refractivity contribution in [3.8, 4) is 11.1 Å². The molecule has 0 radical (unpaired) electrons. The fourth-order valence-electron chi connectivity index (χ4n) is 4.18. The molecule has 1 amide bonds. The third kappa shape index (κ3) is 5.59. The second-order valence-corrected chi connectivity index (χ2v) is 9.33. The number of nitrogens with zero attached hydrogens (tertiary/aromatic N) is 6. The summed E-state index contributed by atoms with van der Waals surface area (Å²) in [4.78, 5) is 26.3. The minimum Gasteiger partial charge on any atom is -0.360 e. The molecule has 1 N–H and O–H groups in total. The number of hydrogen-bond acceptors (Lipinski definition) is 7. The van der Waals surface area contributed by atoms with Crippen molar-refractivity contribution in [3.05, 3.63) is 72.2 Å². The van der Waals surface area contributed by atoms with Crippen LogP contribution in [0, 0.1) is 0 Å². The highest BCUT2D eigenvalue weighted by Gasteiger charge is 2.29. The van der Waals surface area contributed by atoms with E-state index < -0.39 is 0 Å². The van der Waals surface area contributed by atoms with E-state index in [0.717, 1.165) is 54.2 Å². The zero-order valence-electron chi connectivity index (χ0n) is 20.8. The van der Waals surface area contributed by atoms with Gasteiger partial charge in [0.2, 0.25) is 0 Å². The fourth-order valence-corrected chi connectivity index (χ4v) is 4.18. The summed E-state index contributed by atoms with van der Waals surface area (Å²) < 4.78 is 0. The van der Waals surface area contributed by atoms with E-state index in [-0.39, 0.29) is 5.91 Å². The normalized spacial score (nSPS) is 14.9. The quantitative estimate of drug-likeness (QED) is 0.473. The number of rotatable bonds is 9. The van der Waals surface area contributed by atoms with Gasteiger partial charge in [-0.15, -0.1) is 5.10 Å². The summed E-state index contributed by atoms with van der Waals surface area (Å²) in [6.07, 6.45) is 10.0. The van der Waals surface area contributed by atoms with Gasteiger partial charge in [-0.25, -0.2) is 4.98 Å². The maximum atomic E-state index is 13.0. The molecule has 1 aliphatic heterocycles. The molecule has 1 saturated carbocycles. The summed E-state index contributed by atoms with van der Waals surface area (Å²) in [7, 11) is 2.05. The monoisotopic (exact) mass is 481 g/mol. The molecular weight excluding hydrogens is 450 g/mol. The highest BCUT2D eigenvalue weighted by Crippen LogP contribution is 2.27. The van der Waals surface area contributed by atoms with Gasteiger partial charge in [-0.1, -0.05) is 25.5 Å². The van der Waals surface area contributed by atoms with Crippen molar-refractivity contribution in [1.29, 1.82) is 0 Å². The molecule has 1 aliphatic carbocycles. The lowest BCUT2D eigenvalue weighted by Crippen LogP contribution is -2.33. The van der Waals surface area contributed by atoms with Gasteiger partial charge >= 0.3 is 0 Å². The lowest BCUT2D eigenvalue weighted by molar-refractivity contribution is 0.102. The maximum absolute atomic E-state index is 13.0. The number of anilines is 2. The molecule has 2 aliphatic rings. The third-order valence-corrected chi connectivity index (χ3v) is 6.49. The van der Waals surface area contributed by atoms with Crippen molar-refractivity contribution in [1.82, 2.24) is 14.9 Å². The van der Waals surface area contributed by atoms with E-state index in [1.807, 2.05) is 55.0 Å². The zero-order chi connectivity index (χ0) is 24.9. The molecule has 3 heterocycles. The molecule has 36 heavy (non-hydrogen) atoms. The summed E-state index contributed by atoms with van der Waals surface area (Å²) in [5, 5.41) is 11.5.